The minimum Gasteiger partial charge on any atom is -0.0917 e. The molecule has 0 heteroatoms. The first kappa shape index (κ1) is 14.8. The van der Waals surface area contributed by atoms with Gasteiger partial charge in [-0.15, -0.1) is 0 Å². The number of hydrogen-bond acceptors (Lipinski definition) is 0. The minimum absolute atomic E-state index is 1.22. The van der Waals surface area contributed by atoms with Crippen molar-refractivity contribution in [3.63, 3.8) is 0 Å². The van der Waals surface area contributed by atoms with Crippen LogP contribution in [-0.2, 0) is 6.42 Å². The van der Waals surface area contributed by atoms with E-state index in [0.717, 1.165) is 0 Å². The largest absolute Gasteiger partial charge is 0.0917 e. The Bertz CT molecular complexity index is 531. The van der Waals surface area contributed by atoms with Crippen LogP contribution in [-0.4, -0.2) is 0 Å². The molecule has 0 unspecified atom stereocenters. The van der Waals surface area contributed by atoms with Crippen LogP contribution in [0.3, 0.4) is 0 Å². The van der Waals surface area contributed by atoms with Gasteiger partial charge in [-0.1, -0.05) is 73.9 Å². The first-order valence-electron chi connectivity index (χ1n) is 7.99. The predicted molar refractivity (Wildman–Crippen MR) is 90.2 cm³/mol. The van der Waals surface area contributed by atoms with Crippen LogP contribution in [0.1, 0.15) is 51.0 Å². The highest BCUT2D eigenvalue weighted by Gasteiger charge is 1.99. The van der Waals surface area contributed by atoms with Crippen LogP contribution in [0.2, 0.25) is 0 Å². The highest BCUT2D eigenvalue weighted by atomic mass is 14.0. The maximum absolute atomic E-state index is 2.29. The molecule has 0 saturated heterocycles. The van der Waals surface area contributed by atoms with Crippen LogP contribution in [0.5, 0.6) is 0 Å². The Balaban J connectivity index is 1.73. The standard InChI is InChI=1S/C20H26/c1-2-3-4-5-6-7-8-9-13-18-15-12-16-19-14-10-11-17-20(18)19/h2-3,10-12,14-17H,4-9,13H2,1H3/b3-2+. The molecular formula is C20H26. The normalized spacial score (nSPS) is 11.4. The van der Waals surface area contributed by atoms with E-state index in [1.807, 2.05) is 0 Å². The van der Waals surface area contributed by atoms with Gasteiger partial charge >= 0.3 is 0 Å². The van der Waals surface area contributed by atoms with Crippen molar-refractivity contribution in [3.8, 4) is 0 Å². The van der Waals surface area contributed by atoms with Crippen LogP contribution in [0.25, 0.3) is 10.8 Å². The topological polar surface area (TPSA) is 0 Å². The summed E-state index contributed by atoms with van der Waals surface area (Å²) in [6, 6.07) is 15.4. The zero-order chi connectivity index (χ0) is 14.0. The average Bonchev–Trinajstić information content (AvgIpc) is 2.50. The second-order valence-electron chi connectivity index (χ2n) is 5.51. The lowest BCUT2D eigenvalue weighted by Gasteiger charge is -2.06. The van der Waals surface area contributed by atoms with Gasteiger partial charge < -0.3 is 0 Å². The number of unbranched alkanes of at least 4 members (excludes halogenated alkanes) is 5. The second-order valence-corrected chi connectivity index (χ2v) is 5.51. The first-order valence-corrected chi connectivity index (χ1v) is 7.99. The summed E-state index contributed by atoms with van der Waals surface area (Å²) in [7, 11) is 0. The van der Waals surface area contributed by atoms with Gasteiger partial charge in [0.1, 0.15) is 0 Å². The van der Waals surface area contributed by atoms with Crippen molar-refractivity contribution in [1.82, 2.24) is 0 Å². The third-order valence-electron chi connectivity index (χ3n) is 3.93. The van der Waals surface area contributed by atoms with E-state index in [4.69, 9.17) is 0 Å². The number of rotatable bonds is 8. The van der Waals surface area contributed by atoms with Gasteiger partial charge in [0.05, 0.1) is 0 Å². The molecule has 0 radical (unpaired) electrons. The highest BCUT2D eigenvalue weighted by molar-refractivity contribution is 5.85. The SMILES string of the molecule is C/C=C/CCCCCCCc1cccc2ccccc12. The third-order valence-corrected chi connectivity index (χ3v) is 3.93. The minimum atomic E-state index is 1.22. The number of fused-ring (bicyclic) bond motifs is 1. The molecule has 0 aliphatic rings. The molecule has 0 aliphatic heterocycles. The molecule has 0 bridgehead atoms. The Hall–Kier alpha value is -1.56. The number of allylic oxidation sites excluding steroid dienone is 2. The number of aryl methyl sites for hydroxylation is 1. The van der Waals surface area contributed by atoms with E-state index in [1.165, 1.54) is 61.3 Å². The van der Waals surface area contributed by atoms with E-state index in [9.17, 15) is 0 Å². The zero-order valence-electron chi connectivity index (χ0n) is 12.6. The average molecular weight is 266 g/mol. The van der Waals surface area contributed by atoms with Crippen LogP contribution in [0.4, 0.5) is 0 Å². The smallest absolute Gasteiger partial charge is 0.0152 e. The van der Waals surface area contributed by atoms with E-state index >= 15 is 0 Å². The Kier molecular flexibility index (Phi) is 6.37. The van der Waals surface area contributed by atoms with Crippen LogP contribution < -0.4 is 0 Å². The summed E-state index contributed by atoms with van der Waals surface area (Å²) < 4.78 is 0. The summed E-state index contributed by atoms with van der Waals surface area (Å²) in [5, 5.41) is 2.81. The summed E-state index contributed by atoms with van der Waals surface area (Å²) in [5.41, 5.74) is 1.51. The lowest BCUT2D eigenvalue weighted by atomic mass is 9.99. The van der Waals surface area contributed by atoms with Gasteiger partial charge in [0.25, 0.3) is 0 Å². The molecule has 0 aliphatic carbocycles. The summed E-state index contributed by atoms with van der Waals surface area (Å²) in [6.07, 6.45) is 13.7. The third kappa shape index (κ3) is 4.52. The maximum Gasteiger partial charge on any atom is -0.0152 e. The van der Waals surface area contributed by atoms with Gasteiger partial charge in [0.15, 0.2) is 0 Å². The van der Waals surface area contributed by atoms with Crippen molar-refractivity contribution in [2.75, 3.05) is 0 Å². The van der Waals surface area contributed by atoms with Crippen molar-refractivity contribution in [2.45, 2.75) is 51.9 Å². The Morgan fingerprint density at radius 2 is 1.55 bits per heavy atom. The van der Waals surface area contributed by atoms with Crippen molar-refractivity contribution < 1.29 is 0 Å². The van der Waals surface area contributed by atoms with Crippen LogP contribution in [0.15, 0.2) is 54.6 Å². The summed E-state index contributed by atoms with van der Waals surface area (Å²) in [4.78, 5) is 0. The maximum atomic E-state index is 2.29. The molecule has 0 aromatic heterocycles. The van der Waals surface area contributed by atoms with Gasteiger partial charge in [-0.3, -0.25) is 0 Å². The molecule has 0 amide bonds. The van der Waals surface area contributed by atoms with Crippen molar-refractivity contribution in [1.29, 1.82) is 0 Å². The second kappa shape index (κ2) is 8.58. The quantitative estimate of drug-likeness (QED) is 0.388. The van der Waals surface area contributed by atoms with Crippen molar-refractivity contribution in [3.05, 3.63) is 60.2 Å². The summed E-state index contributed by atoms with van der Waals surface area (Å²) in [5.74, 6) is 0. The molecule has 20 heavy (non-hydrogen) atoms. The molecule has 0 saturated carbocycles. The van der Waals surface area contributed by atoms with Gasteiger partial charge in [-0.05, 0) is 48.9 Å². The molecule has 0 atom stereocenters. The highest BCUT2D eigenvalue weighted by Crippen LogP contribution is 2.20. The molecule has 2 aromatic rings. The molecule has 0 N–H and O–H groups in total. The number of hydrogen-bond donors (Lipinski definition) is 0. The fraction of sp³-hybridized carbons (Fsp3) is 0.400. The molecule has 106 valence electrons. The van der Waals surface area contributed by atoms with E-state index in [0.29, 0.717) is 0 Å². The van der Waals surface area contributed by atoms with Crippen LogP contribution >= 0.6 is 0 Å². The van der Waals surface area contributed by atoms with Gasteiger partial charge in [-0.2, -0.15) is 0 Å². The van der Waals surface area contributed by atoms with Crippen molar-refractivity contribution in [2.24, 2.45) is 0 Å². The monoisotopic (exact) mass is 266 g/mol. The van der Waals surface area contributed by atoms with Gasteiger partial charge in [0, 0.05) is 0 Å². The molecule has 0 spiro atoms. The Labute approximate surface area is 123 Å². The molecule has 0 heterocycles. The molecule has 2 rings (SSSR count). The van der Waals surface area contributed by atoms with Crippen LogP contribution in [0, 0.1) is 0 Å². The number of benzene rings is 2. The lowest BCUT2D eigenvalue weighted by molar-refractivity contribution is 0.618. The van der Waals surface area contributed by atoms with Gasteiger partial charge in [0.2, 0.25) is 0 Å². The predicted octanol–water partition coefficient (Wildman–Crippen LogP) is 6.30. The van der Waals surface area contributed by atoms with Gasteiger partial charge in [-0.25, -0.2) is 0 Å². The fourth-order valence-electron chi connectivity index (χ4n) is 2.79. The Morgan fingerprint density at radius 1 is 0.800 bits per heavy atom. The molecule has 0 fully saturated rings. The lowest BCUT2D eigenvalue weighted by Crippen LogP contribution is -1.88. The summed E-state index contributed by atoms with van der Waals surface area (Å²) in [6.45, 7) is 2.10. The summed E-state index contributed by atoms with van der Waals surface area (Å²) >= 11 is 0. The van der Waals surface area contributed by atoms with E-state index < -0.39 is 0 Å². The van der Waals surface area contributed by atoms with E-state index in [-0.39, 0.29) is 0 Å². The van der Waals surface area contributed by atoms with E-state index in [1.54, 1.807) is 0 Å². The molecule has 0 nitrogen and oxygen atoms in total. The fourth-order valence-corrected chi connectivity index (χ4v) is 2.79. The van der Waals surface area contributed by atoms with E-state index in [2.05, 4.69) is 61.5 Å². The van der Waals surface area contributed by atoms with Crippen molar-refractivity contribution >= 4 is 10.8 Å². The Morgan fingerprint density at radius 3 is 2.45 bits per heavy atom. The molecule has 2 aromatic carbocycles. The zero-order valence-corrected chi connectivity index (χ0v) is 12.6. The first-order chi connectivity index (χ1) is 9.92. The molecular weight excluding hydrogens is 240 g/mol.